The summed E-state index contributed by atoms with van der Waals surface area (Å²) in [6.45, 7) is 0. The highest BCUT2D eigenvalue weighted by Gasteiger charge is 2.23. The molecule has 1 heterocycles. The Bertz CT molecular complexity index is 339. The van der Waals surface area contributed by atoms with E-state index in [1.54, 1.807) is 6.26 Å². The van der Waals surface area contributed by atoms with Gasteiger partial charge in [-0.1, -0.05) is 23.4 Å². The number of thioether (sulfide) groups is 1. The third-order valence-corrected chi connectivity index (χ3v) is 2.24. The Morgan fingerprint density at radius 2 is 2.50 bits per heavy atom. The van der Waals surface area contributed by atoms with Crippen molar-refractivity contribution in [3.8, 4) is 0 Å². The molecule has 1 atom stereocenters. The van der Waals surface area contributed by atoms with Crippen molar-refractivity contribution in [1.82, 2.24) is 5.32 Å². The molecule has 0 aliphatic carbocycles. The lowest BCUT2D eigenvalue weighted by Crippen LogP contribution is -2.41. The molecular formula is C7H9ClN4OS. The highest BCUT2D eigenvalue weighted by atomic mass is 35.5. The summed E-state index contributed by atoms with van der Waals surface area (Å²) in [5.74, 6) is -0.483. The van der Waals surface area contributed by atoms with Gasteiger partial charge in [0.05, 0.1) is 6.04 Å². The van der Waals surface area contributed by atoms with Crippen LogP contribution in [0.15, 0.2) is 16.2 Å². The Labute approximate surface area is 90.3 Å². The Balaban J connectivity index is 2.64. The lowest BCUT2D eigenvalue weighted by atomic mass is 10.2. The maximum absolute atomic E-state index is 11.4. The van der Waals surface area contributed by atoms with Gasteiger partial charge in [-0.2, -0.15) is 0 Å². The summed E-state index contributed by atoms with van der Waals surface area (Å²) in [7, 11) is 0. The number of hydrogen-bond acceptors (Lipinski definition) is 5. The van der Waals surface area contributed by atoms with Gasteiger partial charge in [0.1, 0.15) is 10.9 Å². The van der Waals surface area contributed by atoms with Crippen LogP contribution >= 0.6 is 23.4 Å². The molecule has 1 aliphatic heterocycles. The van der Waals surface area contributed by atoms with Crippen LogP contribution in [-0.2, 0) is 4.79 Å². The number of nitrogens with two attached hydrogens (primary N) is 1. The van der Waals surface area contributed by atoms with Crippen LogP contribution in [0.1, 0.15) is 0 Å². The molecule has 0 radical (unpaired) electrons. The number of rotatable bonds is 1. The van der Waals surface area contributed by atoms with Crippen LogP contribution in [0.5, 0.6) is 0 Å². The molecule has 0 saturated carbocycles. The molecule has 4 N–H and O–H groups in total. The summed E-state index contributed by atoms with van der Waals surface area (Å²) in [6.07, 6.45) is 3.16. The zero-order valence-corrected chi connectivity index (χ0v) is 8.95. The van der Waals surface area contributed by atoms with Gasteiger partial charge in [-0.05, 0) is 12.3 Å². The van der Waals surface area contributed by atoms with Crippen LogP contribution in [-0.4, -0.2) is 29.1 Å². The molecule has 0 spiro atoms. The third-order valence-electron chi connectivity index (χ3n) is 1.52. The second kappa shape index (κ2) is 4.59. The summed E-state index contributed by atoms with van der Waals surface area (Å²) in [5.41, 5.74) is 5.69. The van der Waals surface area contributed by atoms with E-state index in [-0.39, 0.29) is 16.0 Å². The normalized spacial score (nSPS) is 20.1. The van der Waals surface area contributed by atoms with Gasteiger partial charge in [0.25, 0.3) is 5.91 Å². The van der Waals surface area contributed by atoms with Crippen LogP contribution in [0.25, 0.3) is 0 Å². The maximum atomic E-state index is 11.4. The molecule has 0 saturated heterocycles. The molecule has 14 heavy (non-hydrogen) atoms. The van der Waals surface area contributed by atoms with Crippen molar-refractivity contribution in [3.05, 3.63) is 11.2 Å². The van der Waals surface area contributed by atoms with Crippen LogP contribution in [0, 0.1) is 5.41 Å². The fourth-order valence-corrected chi connectivity index (χ4v) is 1.30. The summed E-state index contributed by atoms with van der Waals surface area (Å²) >= 11 is 6.69. The van der Waals surface area contributed by atoms with Crippen molar-refractivity contribution in [1.29, 1.82) is 5.41 Å². The third kappa shape index (κ3) is 2.57. The van der Waals surface area contributed by atoms with E-state index in [0.717, 1.165) is 11.8 Å². The van der Waals surface area contributed by atoms with Gasteiger partial charge in [0, 0.05) is 0 Å². The van der Waals surface area contributed by atoms with Crippen molar-refractivity contribution in [2.75, 3.05) is 6.26 Å². The first-order valence-corrected chi connectivity index (χ1v) is 5.30. The van der Waals surface area contributed by atoms with Gasteiger partial charge in [0.15, 0.2) is 5.17 Å². The summed E-state index contributed by atoms with van der Waals surface area (Å²) in [6, 6.07) is -0.586. The number of amidine groups is 1. The number of halogens is 1. The Kier molecular flexibility index (Phi) is 3.68. The SMILES string of the molecule is CSC(=N)NC(=O)C1=NC(Cl)=CC1N. The van der Waals surface area contributed by atoms with Gasteiger partial charge < -0.3 is 11.1 Å². The number of aliphatic imine (C=N–C) groups is 1. The minimum absolute atomic E-state index is 0.0490. The molecule has 1 amide bonds. The van der Waals surface area contributed by atoms with Crippen molar-refractivity contribution >= 4 is 40.1 Å². The number of nitrogens with one attached hydrogen (secondary N) is 2. The summed E-state index contributed by atoms with van der Waals surface area (Å²) < 4.78 is 0. The van der Waals surface area contributed by atoms with Gasteiger partial charge in [-0.25, -0.2) is 4.99 Å². The van der Waals surface area contributed by atoms with Gasteiger partial charge in [-0.15, -0.1) is 0 Å². The van der Waals surface area contributed by atoms with E-state index >= 15 is 0 Å². The van der Waals surface area contributed by atoms with Crippen LogP contribution in [0.3, 0.4) is 0 Å². The van der Waals surface area contributed by atoms with E-state index in [2.05, 4.69) is 10.3 Å². The van der Waals surface area contributed by atoms with Crippen LogP contribution < -0.4 is 11.1 Å². The molecule has 76 valence electrons. The van der Waals surface area contributed by atoms with E-state index in [1.807, 2.05) is 0 Å². The Morgan fingerprint density at radius 1 is 1.86 bits per heavy atom. The molecular weight excluding hydrogens is 224 g/mol. The molecule has 0 bridgehead atoms. The van der Waals surface area contributed by atoms with Crippen LogP contribution in [0.2, 0.25) is 0 Å². The Hall–Kier alpha value is -0.850. The van der Waals surface area contributed by atoms with Gasteiger partial charge in [0.2, 0.25) is 0 Å². The number of hydrogen-bond donors (Lipinski definition) is 3. The number of nitrogens with zero attached hydrogens (tertiary/aromatic N) is 1. The maximum Gasteiger partial charge on any atom is 0.273 e. The zero-order valence-electron chi connectivity index (χ0n) is 7.37. The minimum atomic E-state index is -0.586. The quantitative estimate of drug-likeness (QED) is 0.344. The molecule has 0 fully saturated rings. The second-order valence-electron chi connectivity index (χ2n) is 2.50. The highest BCUT2D eigenvalue weighted by molar-refractivity contribution is 8.13. The predicted octanol–water partition coefficient (Wildman–Crippen LogP) is 0.262. The molecule has 5 nitrogen and oxygen atoms in total. The fourth-order valence-electron chi connectivity index (χ4n) is 0.874. The van der Waals surface area contributed by atoms with Crippen molar-refractivity contribution in [2.45, 2.75) is 6.04 Å². The molecule has 0 aromatic rings. The van der Waals surface area contributed by atoms with Crippen molar-refractivity contribution in [3.63, 3.8) is 0 Å². The fraction of sp³-hybridized carbons (Fsp3) is 0.286. The Morgan fingerprint density at radius 3 is 2.93 bits per heavy atom. The van der Waals surface area contributed by atoms with Crippen molar-refractivity contribution in [2.24, 2.45) is 10.7 Å². The first-order chi connectivity index (χ1) is 6.54. The van der Waals surface area contributed by atoms with E-state index < -0.39 is 11.9 Å². The standard InChI is InChI=1S/C7H9ClN4OS/c1-14-7(10)12-6(13)5-3(9)2-4(8)11-5/h2-3H,9H2,1H3,(H2,10,12,13). The van der Waals surface area contributed by atoms with Crippen molar-refractivity contribution < 1.29 is 4.79 Å². The van der Waals surface area contributed by atoms with Gasteiger partial charge >= 0.3 is 0 Å². The first-order valence-electron chi connectivity index (χ1n) is 3.70. The average Bonchev–Trinajstić information content (AvgIpc) is 2.45. The lowest BCUT2D eigenvalue weighted by molar-refractivity contribution is -0.113. The minimum Gasteiger partial charge on any atom is -0.319 e. The zero-order chi connectivity index (χ0) is 10.7. The molecule has 0 aromatic heterocycles. The molecule has 7 heteroatoms. The number of carbonyl (C=O) groups excluding carboxylic acids is 1. The highest BCUT2D eigenvalue weighted by Crippen LogP contribution is 2.13. The first kappa shape index (κ1) is 11.2. The summed E-state index contributed by atoms with van der Waals surface area (Å²) in [4.78, 5) is 15.2. The summed E-state index contributed by atoms with van der Waals surface area (Å²) in [5, 5.41) is 9.82. The van der Waals surface area contributed by atoms with E-state index in [1.165, 1.54) is 6.08 Å². The monoisotopic (exact) mass is 232 g/mol. The number of carbonyl (C=O) groups is 1. The van der Waals surface area contributed by atoms with E-state index in [9.17, 15) is 4.79 Å². The molecule has 1 aliphatic rings. The molecule has 1 unspecified atom stereocenters. The van der Waals surface area contributed by atoms with Crippen LogP contribution in [0.4, 0.5) is 0 Å². The smallest absolute Gasteiger partial charge is 0.273 e. The molecule has 1 rings (SSSR count). The van der Waals surface area contributed by atoms with E-state index in [4.69, 9.17) is 22.7 Å². The average molecular weight is 233 g/mol. The van der Waals surface area contributed by atoms with E-state index in [0.29, 0.717) is 0 Å². The second-order valence-corrected chi connectivity index (χ2v) is 3.70. The van der Waals surface area contributed by atoms with Gasteiger partial charge in [-0.3, -0.25) is 10.2 Å². The predicted molar refractivity (Wildman–Crippen MR) is 58.7 cm³/mol. The lowest BCUT2D eigenvalue weighted by Gasteiger charge is -2.06. The topological polar surface area (TPSA) is 91.3 Å². The largest absolute Gasteiger partial charge is 0.319 e. The number of amides is 1. The molecule has 0 aromatic carbocycles.